The molecule has 0 radical (unpaired) electrons. The Morgan fingerprint density at radius 2 is 1.97 bits per heavy atom. The SMILES string of the molecule is O=C(CN1CCC(n2c(=O)[nH]c3ccccc32)CC1)NCC1NC(=O)C2COCCC2N1. The van der Waals surface area contributed by atoms with Gasteiger partial charge in [0.2, 0.25) is 11.8 Å². The van der Waals surface area contributed by atoms with Gasteiger partial charge < -0.3 is 20.4 Å². The van der Waals surface area contributed by atoms with E-state index in [9.17, 15) is 14.4 Å². The number of hydrogen-bond donors (Lipinski definition) is 4. The number of carbonyl (C=O) groups excluding carboxylic acids is 2. The van der Waals surface area contributed by atoms with Crippen LogP contribution < -0.4 is 21.6 Å². The van der Waals surface area contributed by atoms with Gasteiger partial charge in [-0.15, -0.1) is 0 Å². The maximum atomic E-state index is 12.5. The van der Waals surface area contributed by atoms with Crippen molar-refractivity contribution in [1.82, 2.24) is 30.4 Å². The summed E-state index contributed by atoms with van der Waals surface area (Å²) in [6, 6.07) is 7.97. The lowest BCUT2D eigenvalue weighted by molar-refractivity contribution is -0.135. The van der Waals surface area contributed by atoms with Gasteiger partial charge >= 0.3 is 5.69 Å². The van der Waals surface area contributed by atoms with Gasteiger partial charge in [0, 0.05) is 31.8 Å². The number of imidazole rings is 1. The first-order valence-electron chi connectivity index (χ1n) is 11.4. The van der Waals surface area contributed by atoms with Crippen LogP contribution in [0.25, 0.3) is 11.0 Å². The highest BCUT2D eigenvalue weighted by atomic mass is 16.5. The normalized spacial score (nSPS) is 27.1. The van der Waals surface area contributed by atoms with Crippen molar-refractivity contribution in [3.8, 4) is 0 Å². The molecule has 2 amide bonds. The van der Waals surface area contributed by atoms with Crippen LogP contribution in [0.15, 0.2) is 29.1 Å². The number of aromatic nitrogens is 2. The molecule has 0 aliphatic carbocycles. The number of likely N-dealkylation sites (tertiary alicyclic amines) is 1. The lowest BCUT2D eigenvalue weighted by Crippen LogP contribution is -2.66. The maximum absolute atomic E-state index is 12.5. The van der Waals surface area contributed by atoms with Gasteiger partial charge in [-0.1, -0.05) is 12.1 Å². The second-order valence-electron chi connectivity index (χ2n) is 8.93. The van der Waals surface area contributed by atoms with E-state index < -0.39 is 0 Å². The van der Waals surface area contributed by atoms with Crippen LogP contribution in [0.2, 0.25) is 0 Å². The molecule has 32 heavy (non-hydrogen) atoms. The molecular formula is C22H30N6O4. The molecule has 1 aromatic heterocycles. The molecule has 1 aromatic carbocycles. The number of benzene rings is 1. The minimum Gasteiger partial charge on any atom is -0.381 e. The highest BCUT2D eigenvalue weighted by Crippen LogP contribution is 2.24. The Labute approximate surface area is 185 Å². The van der Waals surface area contributed by atoms with Crippen molar-refractivity contribution in [2.45, 2.75) is 37.5 Å². The maximum Gasteiger partial charge on any atom is 0.326 e. The number of para-hydroxylation sites is 2. The number of carbonyl (C=O) groups is 2. The Kier molecular flexibility index (Phi) is 5.99. The van der Waals surface area contributed by atoms with Gasteiger partial charge in [0.1, 0.15) is 0 Å². The van der Waals surface area contributed by atoms with Gasteiger partial charge in [-0.05, 0) is 31.4 Å². The van der Waals surface area contributed by atoms with E-state index in [1.807, 2.05) is 28.8 Å². The van der Waals surface area contributed by atoms with Gasteiger partial charge in [0.25, 0.3) is 0 Å². The van der Waals surface area contributed by atoms with Crippen molar-refractivity contribution < 1.29 is 14.3 Å². The van der Waals surface area contributed by atoms with Crippen LogP contribution in [0.1, 0.15) is 25.3 Å². The molecule has 3 aliphatic rings. The molecule has 3 unspecified atom stereocenters. The van der Waals surface area contributed by atoms with Crippen molar-refractivity contribution in [3.05, 3.63) is 34.7 Å². The number of amides is 2. The van der Waals surface area contributed by atoms with E-state index in [1.165, 1.54) is 0 Å². The van der Waals surface area contributed by atoms with Crippen molar-refractivity contribution in [2.24, 2.45) is 5.92 Å². The molecule has 2 aromatic rings. The zero-order valence-corrected chi connectivity index (χ0v) is 18.0. The largest absolute Gasteiger partial charge is 0.381 e. The molecular weight excluding hydrogens is 412 g/mol. The number of fused-ring (bicyclic) bond motifs is 2. The van der Waals surface area contributed by atoms with Crippen molar-refractivity contribution in [1.29, 1.82) is 0 Å². The number of rotatable bonds is 5. The Morgan fingerprint density at radius 1 is 1.16 bits per heavy atom. The van der Waals surface area contributed by atoms with Crippen LogP contribution in [0.3, 0.4) is 0 Å². The number of aromatic amines is 1. The smallest absolute Gasteiger partial charge is 0.326 e. The fourth-order valence-electron chi connectivity index (χ4n) is 5.13. The summed E-state index contributed by atoms with van der Waals surface area (Å²) >= 11 is 0. The van der Waals surface area contributed by atoms with Crippen molar-refractivity contribution in [3.63, 3.8) is 0 Å². The van der Waals surface area contributed by atoms with Gasteiger partial charge in [-0.2, -0.15) is 0 Å². The highest BCUT2D eigenvalue weighted by molar-refractivity contribution is 5.81. The van der Waals surface area contributed by atoms with Crippen LogP contribution in [0, 0.1) is 5.92 Å². The number of hydrogen-bond acceptors (Lipinski definition) is 6. The zero-order valence-electron chi connectivity index (χ0n) is 18.0. The van der Waals surface area contributed by atoms with Crippen LogP contribution in [-0.4, -0.2) is 77.9 Å². The fourth-order valence-corrected chi connectivity index (χ4v) is 5.13. The Morgan fingerprint density at radius 3 is 2.81 bits per heavy atom. The van der Waals surface area contributed by atoms with Gasteiger partial charge in [0.15, 0.2) is 0 Å². The van der Waals surface area contributed by atoms with E-state index in [-0.39, 0.29) is 41.7 Å². The Bertz CT molecular complexity index is 1040. The summed E-state index contributed by atoms with van der Waals surface area (Å²) < 4.78 is 7.24. The number of ether oxygens (including phenoxy) is 1. The predicted octanol–water partition coefficient (Wildman–Crippen LogP) is -0.467. The van der Waals surface area contributed by atoms with Crippen molar-refractivity contribution in [2.75, 3.05) is 39.4 Å². The van der Waals surface area contributed by atoms with E-state index in [2.05, 4.69) is 25.8 Å². The third-order valence-corrected chi connectivity index (χ3v) is 6.84. The van der Waals surface area contributed by atoms with Crippen LogP contribution in [0.5, 0.6) is 0 Å². The Hall–Kier alpha value is -2.69. The molecule has 3 saturated heterocycles. The third-order valence-electron chi connectivity index (χ3n) is 6.84. The standard InChI is InChI=1S/C22H30N6O4/c29-20(23-11-19-24-16-7-10-32-13-15(16)21(30)26-19)12-27-8-5-14(6-9-27)28-18-4-2-1-3-17(18)25-22(28)31/h1-4,14-16,19,24H,5-13H2,(H,23,29)(H,25,31)(H,26,30). The quantitative estimate of drug-likeness (QED) is 0.497. The summed E-state index contributed by atoms with van der Waals surface area (Å²) in [7, 11) is 0. The lowest BCUT2D eigenvalue weighted by Gasteiger charge is -2.40. The van der Waals surface area contributed by atoms with Gasteiger partial charge in [-0.3, -0.25) is 24.4 Å². The van der Waals surface area contributed by atoms with Gasteiger partial charge in [-0.25, -0.2) is 4.79 Å². The van der Waals surface area contributed by atoms with E-state index >= 15 is 0 Å². The van der Waals surface area contributed by atoms with E-state index in [0.29, 0.717) is 26.3 Å². The highest BCUT2D eigenvalue weighted by Gasteiger charge is 2.38. The number of nitrogens with one attached hydrogen (secondary N) is 4. The third kappa shape index (κ3) is 4.30. The van der Waals surface area contributed by atoms with Gasteiger partial charge in [0.05, 0.1) is 42.8 Å². The molecule has 10 nitrogen and oxygen atoms in total. The molecule has 5 rings (SSSR count). The molecule has 3 fully saturated rings. The average molecular weight is 443 g/mol. The summed E-state index contributed by atoms with van der Waals surface area (Å²) in [6.45, 7) is 3.29. The molecule has 3 aliphatic heterocycles. The molecule has 4 heterocycles. The summed E-state index contributed by atoms with van der Waals surface area (Å²) in [5.74, 6) is -0.221. The second kappa shape index (κ2) is 9.05. The monoisotopic (exact) mass is 442 g/mol. The minimum absolute atomic E-state index is 0.0118. The van der Waals surface area contributed by atoms with Crippen LogP contribution in [0.4, 0.5) is 0 Å². The lowest BCUT2D eigenvalue weighted by atomic mass is 9.92. The van der Waals surface area contributed by atoms with Crippen LogP contribution in [-0.2, 0) is 14.3 Å². The first-order valence-corrected chi connectivity index (χ1v) is 11.4. The Balaban J connectivity index is 1.09. The minimum atomic E-state index is -0.259. The van der Waals surface area contributed by atoms with Crippen molar-refractivity contribution >= 4 is 22.8 Å². The number of nitrogens with zero attached hydrogens (tertiary/aromatic N) is 2. The first kappa shape index (κ1) is 21.2. The average Bonchev–Trinajstić information content (AvgIpc) is 3.14. The summed E-state index contributed by atoms with van der Waals surface area (Å²) in [5, 5.41) is 9.27. The predicted molar refractivity (Wildman–Crippen MR) is 118 cm³/mol. The molecule has 10 heteroatoms. The summed E-state index contributed by atoms with van der Waals surface area (Å²) in [4.78, 5) is 42.2. The van der Waals surface area contributed by atoms with E-state index in [4.69, 9.17) is 4.74 Å². The molecule has 0 saturated carbocycles. The second-order valence-corrected chi connectivity index (χ2v) is 8.93. The fraction of sp³-hybridized carbons (Fsp3) is 0.591. The molecule has 172 valence electrons. The van der Waals surface area contributed by atoms with E-state index in [1.54, 1.807) is 0 Å². The van der Waals surface area contributed by atoms with E-state index in [0.717, 1.165) is 43.4 Å². The zero-order chi connectivity index (χ0) is 22.1. The number of piperidine rings is 1. The molecule has 0 spiro atoms. The topological polar surface area (TPSA) is 120 Å². The number of H-pyrrole nitrogens is 1. The molecule has 0 bridgehead atoms. The summed E-state index contributed by atoms with van der Waals surface area (Å²) in [5.41, 5.74) is 1.72. The first-order chi connectivity index (χ1) is 15.6. The molecule has 4 N–H and O–H groups in total. The summed E-state index contributed by atoms with van der Waals surface area (Å²) in [6.07, 6.45) is 2.18. The molecule has 3 atom stereocenters. The van der Waals surface area contributed by atoms with Crippen LogP contribution >= 0.6 is 0 Å².